The van der Waals surface area contributed by atoms with E-state index in [0.29, 0.717) is 28.6 Å². The summed E-state index contributed by atoms with van der Waals surface area (Å²) in [6.07, 6.45) is 0. The number of hydrogen-bond donors (Lipinski definition) is 3. The fraction of sp³-hybridized carbons (Fsp3) is 0.500. The van der Waals surface area contributed by atoms with Crippen molar-refractivity contribution in [1.29, 1.82) is 0 Å². The Morgan fingerprint density at radius 1 is 1.38 bits per heavy atom. The fourth-order valence-corrected chi connectivity index (χ4v) is 2.13. The van der Waals surface area contributed by atoms with Crippen molar-refractivity contribution in [1.82, 2.24) is 5.32 Å². The monoisotopic (exact) mass is 335 g/mol. The number of carbonyl (C=O) groups is 1. The molecule has 1 rings (SSSR count). The van der Waals surface area contributed by atoms with Crippen LogP contribution >= 0.6 is 11.6 Å². The molecule has 1 aromatic carbocycles. The summed E-state index contributed by atoms with van der Waals surface area (Å²) in [7, 11) is 1.50. The SMILES string of the molecule is CC[NH+](CC)CCNC(=O)c1cc(Cl)c(N)cc1OC.[Cl-]. The van der Waals surface area contributed by atoms with Crippen molar-refractivity contribution >= 4 is 23.2 Å². The van der Waals surface area contributed by atoms with E-state index in [2.05, 4.69) is 19.2 Å². The van der Waals surface area contributed by atoms with Gasteiger partial charge in [-0.1, -0.05) is 11.6 Å². The van der Waals surface area contributed by atoms with E-state index in [1.165, 1.54) is 18.1 Å². The summed E-state index contributed by atoms with van der Waals surface area (Å²) in [5.41, 5.74) is 6.49. The van der Waals surface area contributed by atoms with E-state index < -0.39 is 0 Å². The summed E-state index contributed by atoms with van der Waals surface area (Å²) in [6.45, 7) is 7.85. The van der Waals surface area contributed by atoms with Crippen LogP contribution in [0.2, 0.25) is 5.02 Å². The van der Waals surface area contributed by atoms with Crippen molar-refractivity contribution in [3.63, 3.8) is 0 Å². The molecule has 0 heterocycles. The Bertz CT molecular complexity index is 466. The summed E-state index contributed by atoms with van der Waals surface area (Å²) in [5, 5.41) is 3.23. The molecule has 0 saturated heterocycles. The van der Waals surface area contributed by atoms with Gasteiger partial charge in [0.05, 0.1) is 49.6 Å². The molecule has 5 nitrogen and oxygen atoms in total. The van der Waals surface area contributed by atoms with Crippen LogP contribution in [0.15, 0.2) is 12.1 Å². The summed E-state index contributed by atoms with van der Waals surface area (Å²) in [4.78, 5) is 13.6. The zero-order valence-electron chi connectivity index (χ0n) is 12.6. The zero-order valence-corrected chi connectivity index (χ0v) is 14.1. The zero-order chi connectivity index (χ0) is 15.1. The molecule has 0 aromatic heterocycles. The first-order chi connectivity index (χ1) is 9.53. The molecule has 0 aliphatic heterocycles. The van der Waals surface area contributed by atoms with E-state index in [0.717, 1.165) is 19.6 Å². The number of halogens is 2. The number of hydrogen-bond acceptors (Lipinski definition) is 3. The van der Waals surface area contributed by atoms with Crippen LogP contribution in [0.5, 0.6) is 5.75 Å². The van der Waals surface area contributed by atoms with Gasteiger partial charge in [0.2, 0.25) is 0 Å². The first-order valence-corrected chi connectivity index (χ1v) is 7.16. The number of rotatable bonds is 7. The number of methoxy groups -OCH3 is 1. The molecule has 1 amide bonds. The predicted octanol–water partition coefficient (Wildman–Crippen LogP) is -2.41. The lowest BCUT2D eigenvalue weighted by Gasteiger charge is -2.16. The molecule has 4 N–H and O–H groups in total. The van der Waals surface area contributed by atoms with Gasteiger partial charge in [-0.25, -0.2) is 0 Å². The van der Waals surface area contributed by atoms with Crippen LogP contribution < -0.4 is 33.1 Å². The van der Waals surface area contributed by atoms with E-state index in [4.69, 9.17) is 22.1 Å². The number of likely N-dealkylation sites (N-methyl/N-ethyl adjacent to an activating group) is 1. The standard InChI is InChI=1S/C14H22ClN3O2.ClH/c1-4-18(5-2)7-6-17-14(19)10-8-11(15)12(16)9-13(10)20-3;/h8-9H,4-7,16H2,1-3H3,(H,17,19);1H. The third kappa shape index (κ3) is 5.61. The van der Waals surface area contributed by atoms with Crippen molar-refractivity contribution in [2.75, 3.05) is 39.0 Å². The van der Waals surface area contributed by atoms with E-state index in [-0.39, 0.29) is 18.3 Å². The maximum atomic E-state index is 12.1. The van der Waals surface area contributed by atoms with Crippen LogP contribution in [0.4, 0.5) is 5.69 Å². The van der Waals surface area contributed by atoms with Crippen LogP contribution in [0.3, 0.4) is 0 Å². The summed E-state index contributed by atoms with van der Waals surface area (Å²) in [6, 6.07) is 3.10. The molecule has 0 atom stereocenters. The molecule has 0 fully saturated rings. The topological polar surface area (TPSA) is 68.8 Å². The van der Waals surface area contributed by atoms with Crippen molar-refractivity contribution in [2.45, 2.75) is 13.8 Å². The Labute approximate surface area is 137 Å². The molecule has 0 spiro atoms. The first kappa shape index (κ1) is 19.8. The normalized spacial score (nSPS) is 10.1. The Balaban J connectivity index is 0.00000400. The number of carbonyl (C=O) groups excluding carboxylic acids is 1. The highest BCUT2D eigenvalue weighted by Gasteiger charge is 2.15. The maximum absolute atomic E-state index is 12.1. The van der Waals surface area contributed by atoms with Gasteiger partial charge in [-0.05, 0) is 19.9 Å². The largest absolute Gasteiger partial charge is 1.00 e. The number of nitrogen functional groups attached to an aromatic ring is 1. The minimum atomic E-state index is -0.199. The van der Waals surface area contributed by atoms with Gasteiger partial charge < -0.3 is 33.1 Å². The van der Waals surface area contributed by atoms with Gasteiger partial charge in [-0.3, -0.25) is 4.79 Å². The van der Waals surface area contributed by atoms with Crippen LogP contribution in [-0.4, -0.2) is 39.2 Å². The summed E-state index contributed by atoms with van der Waals surface area (Å²) < 4.78 is 5.17. The lowest BCUT2D eigenvalue weighted by Crippen LogP contribution is -3.12. The second-order valence-electron chi connectivity index (χ2n) is 4.54. The molecule has 0 aliphatic rings. The Morgan fingerprint density at radius 2 is 2.00 bits per heavy atom. The number of benzene rings is 1. The average Bonchev–Trinajstić information content (AvgIpc) is 2.45. The molecule has 7 heteroatoms. The number of amides is 1. The smallest absolute Gasteiger partial charge is 0.255 e. The van der Waals surface area contributed by atoms with Gasteiger partial charge in [-0.15, -0.1) is 0 Å². The summed E-state index contributed by atoms with van der Waals surface area (Å²) >= 11 is 5.95. The Hall–Kier alpha value is -1.17. The second-order valence-corrected chi connectivity index (χ2v) is 4.94. The first-order valence-electron chi connectivity index (χ1n) is 6.78. The molecular formula is C14H23Cl2N3O2. The number of ether oxygens (including phenoxy) is 1. The van der Waals surface area contributed by atoms with E-state index in [1.807, 2.05) is 0 Å². The maximum Gasteiger partial charge on any atom is 0.255 e. The van der Waals surface area contributed by atoms with Crippen LogP contribution in [0.25, 0.3) is 0 Å². The highest BCUT2D eigenvalue weighted by molar-refractivity contribution is 6.33. The third-order valence-corrected chi connectivity index (χ3v) is 3.65. The van der Waals surface area contributed by atoms with Gasteiger partial charge >= 0.3 is 0 Å². The van der Waals surface area contributed by atoms with Gasteiger partial charge in [0.15, 0.2) is 0 Å². The van der Waals surface area contributed by atoms with Gasteiger partial charge in [0.25, 0.3) is 5.91 Å². The third-order valence-electron chi connectivity index (χ3n) is 3.33. The predicted molar refractivity (Wildman–Crippen MR) is 81.7 cm³/mol. The van der Waals surface area contributed by atoms with Crippen molar-refractivity contribution in [3.8, 4) is 5.75 Å². The number of nitrogens with two attached hydrogens (primary N) is 1. The van der Waals surface area contributed by atoms with Crippen molar-refractivity contribution in [2.24, 2.45) is 0 Å². The lowest BCUT2D eigenvalue weighted by molar-refractivity contribution is -0.895. The average molecular weight is 336 g/mol. The molecule has 21 heavy (non-hydrogen) atoms. The molecular weight excluding hydrogens is 313 g/mol. The highest BCUT2D eigenvalue weighted by atomic mass is 35.5. The lowest BCUT2D eigenvalue weighted by atomic mass is 10.1. The van der Waals surface area contributed by atoms with E-state index in [9.17, 15) is 4.79 Å². The molecule has 120 valence electrons. The quantitative estimate of drug-likeness (QED) is 0.486. The number of quaternary nitrogens is 1. The molecule has 0 unspecified atom stereocenters. The number of nitrogens with one attached hydrogen (secondary N) is 2. The minimum absolute atomic E-state index is 0. The fourth-order valence-electron chi connectivity index (χ4n) is 1.97. The van der Waals surface area contributed by atoms with Crippen molar-refractivity contribution in [3.05, 3.63) is 22.7 Å². The van der Waals surface area contributed by atoms with E-state index in [1.54, 1.807) is 6.07 Å². The molecule has 0 bridgehead atoms. The van der Waals surface area contributed by atoms with Crippen LogP contribution in [0.1, 0.15) is 24.2 Å². The summed E-state index contributed by atoms with van der Waals surface area (Å²) in [5.74, 6) is 0.231. The Kier molecular flexibility index (Phi) is 9.17. The van der Waals surface area contributed by atoms with Crippen molar-refractivity contribution < 1.29 is 26.8 Å². The molecule has 0 aliphatic carbocycles. The second kappa shape index (κ2) is 9.71. The van der Waals surface area contributed by atoms with Crippen LogP contribution in [0, 0.1) is 0 Å². The highest BCUT2D eigenvalue weighted by Crippen LogP contribution is 2.28. The van der Waals surface area contributed by atoms with E-state index >= 15 is 0 Å². The Morgan fingerprint density at radius 3 is 2.52 bits per heavy atom. The van der Waals surface area contributed by atoms with Gasteiger partial charge in [0.1, 0.15) is 5.75 Å². The molecule has 0 saturated carbocycles. The molecule has 0 radical (unpaired) electrons. The van der Waals surface area contributed by atoms with Gasteiger partial charge in [0, 0.05) is 6.07 Å². The van der Waals surface area contributed by atoms with Gasteiger partial charge in [-0.2, -0.15) is 0 Å². The number of anilines is 1. The minimum Gasteiger partial charge on any atom is -1.00 e. The van der Waals surface area contributed by atoms with Crippen LogP contribution in [-0.2, 0) is 0 Å². The molecule has 1 aromatic rings.